The van der Waals surface area contributed by atoms with Gasteiger partial charge in [-0.05, 0) is 36.5 Å². The van der Waals surface area contributed by atoms with Crippen LogP contribution in [0.5, 0.6) is 0 Å². The molecule has 4 unspecified atom stereocenters. The Hall–Kier alpha value is 0.0900. The molecule has 13 heavy (non-hydrogen) atoms. The van der Waals surface area contributed by atoms with E-state index in [0.717, 1.165) is 23.0 Å². The van der Waals surface area contributed by atoms with Gasteiger partial charge in [-0.2, -0.15) is 0 Å². The van der Waals surface area contributed by atoms with Gasteiger partial charge in [0, 0.05) is 5.25 Å². The quantitative estimate of drug-likeness (QED) is 0.562. The summed E-state index contributed by atoms with van der Waals surface area (Å²) in [6.07, 6.45) is 4.33. The molecule has 0 aromatic carbocycles. The van der Waals surface area contributed by atoms with Crippen LogP contribution >= 0.6 is 11.8 Å². The van der Waals surface area contributed by atoms with Gasteiger partial charge in [-0.3, -0.25) is 0 Å². The van der Waals surface area contributed by atoms with Crippen molar-refractivity contribution in [1.29, 1.82) is 0 Å². The summed E-state index contributed by atoms with van der Waals surface area (Å²) in [6, 6.07) is 0. The first-order valence-corrected chi connectivity index (χ1v) is 6.46. The second-order valence-corrected chi connectivity index (χ2v) is 5.89. The van der Waals surface area contributed by atoms with Crippen molar-refractivity contribution in [2.75, 3.05) is 0 Å². The Kier molecular flexibility index (Phi) is 2.73. The van der Waals surface area contributed by atoms with E-state index in [1.54, 1.807) is 5.57 Å². The fourth-order valence-corrected chi connectivity index (χ4v) is 4.36. The van der Waals surface area contributed by atoms with Gasteiger partial charge in [-0.1, -0.05) is 32.3 Å². The van der Waals surface area contributed by atoms with Crippen LogP contribution < -0.4 is 0 Å². The molecule has 0 N–H and O–H groups in total. The molecule has 0 radical (unpaired) electrons. The number of allylic oxidation sites excluding steroid dienone is 1. The van der Waals surface area contributed by atoms with E-state index in [1.165, 1.54) is 19.3 Å². The maximum atomic E-state index is 2.45. The molecule has 0 aromatic heterocycles. The number of fused-ring (bicyclic) bond motifs is 1. The number of hydrogen-bond donors (Lipinski definition) is 0. The standard InChI is InChI=1S/C12H20S/c1-8-5-4-6-11-9(2)7-13-12(11)10(8)3/h7-8,10-12H,4-6H2,1-3H3. The van der Waals surface area contributed by atoms with Crippen LogP contribution in [-0.2, 0) is 0 Å². The minimum absolute atomic E-state index is 0.900. The van der Waals surface area contributed by atoms with Gasteiger partial charge in [0.15, 0.2) is 0 Å². The van der Waals surface area contributed by atoms with Gasteiger partial charge in [-0.25, -0.2) is 0 Å². The fourth-order valence-electron chi connectivity index (χ4n) is 2.76. The van der Waals surface area contributed by atoms with Gasteiger partial charge in [0.2, 0.25) is 0 Å². The van der Waals surface area contributed by atoms with E-state index >= 15 is 0 Å². The normalized spacial score (nSPS) is 45.3. The summed E-state index contributed by atoms with van der Waals surface area (Å²) in [6.45, 7) is 7.20. The largest absolute Gasteiger partial charge is 0.130 e. The van der Waals surface area contributed by atoms with Crippen molar-refractivity contribution < 1.29 is 0 Å². The van der Waals surface area contributed by atoms with E-state index in [-0.39, 0.29) is 0 Å². The van der Waals surface area contributed by atoms with Crippen molar-refractivity contribution in [3.05, 3.63) is 11.0 Å². The third-order valence-corrected chi connectivity index (χ3v) is 5.56. The van der Waals surface area contributed by atoms with E-state index in [1.807, 2.05) is 0 Å². The number of hydrogen-bond acceptors (Lipinski definition) is 1. The van der Waals surface area contributed by atoms with Gasteiger partial charge < -0.3 is 0 Å². The zero-order chi connectivity index (χ0) is 9.42. The van der Waals surface area contributed by atoms with Crippen LogP contribution in [0.4, 0.5) is 0 Å². The molecule has 2 aliphatic rings. The summed E-state index contributed by atoms with van der Waals surface area (Å²) in [5.74, 6) is 2.75. The highest BCUT2D eigenvalue weighted by molar-refractivity contribution is 8.03. The molecule has 1 saturated carbocycles. The zero-order valence-corrected chi connectivity index (χ0v) is 9.73. The Bertz CT molecular complexity index is 219. The van der Waals surface area contributed by atoms with Crippen LogP contribution in [0.2, 0.25) is 0 Å². The van der Waals surface area contributed by atoms with Crippen molar-refractivity contribution in [2.24, 2.45) is 17.8 Å². The van der Waals surface area contributed by atoms with Crippen molar-refractivity contribution in [3.63, 3.8) is 0 Å². The first-order valence-electron chi connectivity index (χ1n) is 5.52. The van der Waals surface area contributed by atoms with Crippen molar-refractivity contribution in [3.8, 4) is 0 Å². The Labute approximate surface area is 86.2 Å². The second-order valence-electron chi connectivity index (χ2n) is 4.84. The monoisotopic (exact) mass is 196 g/mol. The first kappa shape index (κ1) is 9.64. The predicted molar refractivity (Wildman–Crippen MR) is 60.8 cm³/mol. The van der Waals surface area contributed by atoms with Crippen LogP contribution in [-0.4, -0.2) is 5.25 Å². The highest BCUT2D eigenvalue weighted by Gasteiger charge is 2.36. The Morgan fingerprint density at radius 2 is 2.08 bits per heavy atom. The van der Waals surface area contributed by atoms with Crippen LogP contribution in [0.3, 0.4) is 0 Å². The van der Waals surface area contributed by atoms with E-state index in [4.69, 9.17) is 0 Å². The first-order chi connectivity index (χ1) is 6.20. The molecule has 1 heteroatoms. The third-order valence-electron chi connectivity index (χ3n) is 3.98. The van der Waals surface area contributed by atoms with Gasteiger partial charge in [0.25, 0.3) is 0 Å². The molecule has 4 atom stereocenters. The molecule has 1 aliphatic heterocycles. The maximum Gasteiger partial charge on any atom is 0.0182 e. The summed E-state index contributed by atoms with van der Waals surface area (Å²) in [5.41, 5.74) is 1.65. The van der Waals surface area contributed by atoms with Gasteiger partial charge in [0.05, 0.1) is 0 Å². The molecule has 0 nitrogen and oxygen atoms in total. The molecule has 0 bridgehead atoms. The lowest BCUT2D eigenvalue weighted by Crippen LogP contribution is -2.23. The minimum Gasteiger partial charge on any atom is -0.130 e. The Morgan fingerprint density at radius 1 is 1.31 bits per heavy atom. The summed E-state index contributed by atoms with van der Waals surface area (Å²) >= 11 is 2.10. The molecule has 0 amide bonds. The fraction of sp³-hybridized carbons (Fsp3) is 0.833. The molecular formula is C12H20S. The van der Waals surface area contributed by atoms with Gasteiger partial charge in [-0.15, -0.1) is 11.8 Å². The predicted octanol–water partition coefficient (Wildman–Crippen LogP) is 4.08. The van der Waals surface area contributed by atoms with E-state index in [2.05, 4.69) is 37.9 Å². The SMILES string of the molecule is CC1=CSC2C1CCCC(C)C2C. The average molecular weight is 196 g/mol. The highest BCUT2D eigenvalue weighted by atomic mass is 32.2. The smallest absolute Gasteiger partial charge is 0.0182 e. The molecule has 0 saturated heterocycles. The van der Waals surface area contributed by atoms with Crippen LogP contribution in [0.1, 0.15) is 40.0 Å². The van der Waals surface area contributed by atoms with Crippen LogP contribution in [0.25, 0.3) is 0 Å². The van der Waals surface area contributed by atoms with Gasteiger partial charge in [0.1, 0.15) is 0 Å². The minimum atomic E-state index is 0.900. The topological polar surface area (TPSA) is 0 Å². The molecule has 2 rings (SSSR count). The molecule has 1 aliphatic carbocycles. The molecule has 0 spiro atoms. The highest BCUT2D eigenvalue weighted by Crippen LogP contribution is 2.47. The summed E-state index contributed by atoms with van der Waals surface area (Å²) in [5, 5.41) is 3.31. The number of rotatable bonds is 0. The Morgan fingerprint density at radius 3 is 2.85 bits per heavy atom. The summed E-state index contributed by atoms with van der Waals surface area (Å²) < 4.78 is 0. The lowest BCUT2D eigenvalue weighted by atomic mass is 9.86. The van der Waals surface area contributed by atoms with E-state index < -0.39 is 0 Å². The van der Waals surface area contributed by atoms with Crippen molar-refractivity contribution in [2.45, 2.75) is 45.3 Å². The lowest BCUT2D eigenvalue weighted by Gasteiger charge is -2.26. The average Bonchev–Trinajstić information content (AvgIpc) is 2.40. The second kappa shape index (κ2) is 3.68. The van der Waals surface area contributed by atoms with Crippen molar-refractivity contribution >= 4 is 11.8 Å². The third kappa shape index (κ3) is 1.68. The van der Waals surface area contributed by atoms with Gasteiger partial charge >= 0.3 is 0 Å². The molecule has 0 aromatic rings. The van der Waals surface area contributed by atoms with E-state index in [9.17, 15) is 0 Å². The van der Waals surface area contributed by atoms with E-state index in [0.29, 0.717) is 0 Å². The summed E-state index contributed by atoms with van der Waals surface area (Å²) in [7, 11) is 0. The zero-order valence-electron chi connectivity index (χ0n) is 8.92. The van der Waals surface area contributed by atoms with Crippen molar-refractivity contribution in [1.82, 2.24) is 0 Å². The lowest BCUT2D eigenvalue weighted by molar-refractivity contribution is 0.360. The van der Waals surface area contributed by atoms with Crippen LogP contribution in [0, 0.1) is 17.8 Å². The number of thioether (sulfide) groups is 1. The molecule has 74 valence electrons. The summed E-state index contributed by atoms with van der Waals surface area (Å²) in [4.78, 5) is 0. The molecule has 1 heterocycles. The maximum absolute atomic E-state index is 2.45. The molecule has 1 fully saturated rings. The Balaban J connectivity index is 2.15. The van der Waals surface area contributed by atoms with Crippen LogP contribution in [0.15, 0.2) is 11.0 Å². The molecular weight excluding hydrogens is 176 g/mol.